The standard InChI is InChI=1S/C18H20F2N2O2/c19-14-5-12(6-15(20)7-14)18(24)21-8-11-4-13(10-21)16-2-1-3-17(23)22(16)9-11/h5-7,11,13,16H,1-4,8-10H2/t11-,13-,16-/m1/s1. The minimum absolute atomic E-state index is 0.0593. The lowest BCUT2D eigenvalue weighted by Gasteiger charge is -2.52. The molecule has 0 aromatic heterocycles. The van der Waals surface area contributed by atoms with Gasteiger partial charge in [0.25, 0.3) is 5.91 Å². The molecule has 0 N–H and O–H groups in total. The predicted molar refractivity (Wildman–Crippen MR) is 83.2 cm³/mol. The molecule has 6 heteroatoms. The van der Waals surface area contributed by atoms with Crippen molar-refractivity contribution in [1.29, 1.82) is 0 Å². The summed E-state index contributed by atoms with van der Waals surface area (Å²) in [6.45, 7) is 1.80. The van der Waals surface area contributed by atoms with Crippen LogP contribution in [0.1, 0.15) is 36.0 Å². The largest absolute Gasteiger partial charge is 0.339 e. The quantitative estimate of drug-likeness (QED) is 0.791. The number of likely N-dealkylation sites (tertiary alicyclic amines) is 1. The van der Waals surface area contributed by atoms with E-state index in [1.807, 2.05) is 4.90 Å². The molecule has 0 unspecified atom stereocenters. The Labute approximate surface area is 139 Å². The Morgan fingerprint density at radius 2 is 1.83 bits per heavy atom. The lowest BCUT2D eigenvalue weighted by atomic mass is 9.76. The van der Waals surface area contributed by atoms with E-state index in [0.29, 0.717) is 26.1 Å². The van der Waals surface area contributed by atoms with Gasteiger partial charge in [-0.15, -0.1) is 0 Å². The number of hydrogen-bond donors (Lipinski definition) is 0. The summed E-state index contributed by atoms with van der Waals surface area (Å²) in [5, 5.41) is 0. The second-order valence-electron chi connectivity index (χ2n) is 7.24. The van der Waals surface area contributed by atoms with Crippen molar-refractivity contribution >= 4 is 11.8 Å². The van der Waals surface area contributed by atoms with Crippen LogP contribution in [0.2, 0.25) is 0 Å². The minimum atomic E-state index is -0.736. The van der Waals surface area contributed by atoms with Crippen LogP contribution in [0.5, 0.6) is 0 Å². The van der Waals surface area contributed by atoms with Crippen molar-refractivity contribution < 1.29 is 18.4 Å². The minimum Gasteiger partial charge on any atom is -0.339 e. The second kappa shape index (κ2) is 5.83. The summed E-state index contributed by atoms with van der Waals surface area (Å²) in [5.74, 6) is -1.04. The number of amides is 2. The monoisotopic (exact) mass is 334 g/mol. The lowest BCUT2D eigenvalue weighted by molar-refractivity contribution is -0.144. The smallest absolute Gasteiger partial charge is 0.254 e. The van der Waals surface area contributed by atoms with Crippen molar-refractivity contribution in [2.24, 2.45) is 11.8 Å². The van der Waals surface area contributed by atoms with Gasteiger partial charge in [-0.3, -0.25) is 9.59 Å². The predicted octanol–water partition coefficient (Wildman–Crippen LogP) is 2.44. The number of hydrogen-bond acceptors (Lipinski definition) is 2. The van der Waals surface area contributed by atoms with E-state index in [1.165, 1.54) is 0 Å². The lowest BCUT2D eigenvalue weighted by Crippen LogP contribution is -2.61. The molecule has 3 atom stereocenters. The van der Waals surface area contributed by atoms with Crippen LogP contribution in [0.3, 0.4) is 0 Å². The maximum atomic E-state index is 13.4. The molecule has 4 rings (SSSR count). The summed E-state index contributed by atoms with van der Waals surface area (Å²) in [7, 11) is 0. The third-order valence-corrected chi connectivity index (χ3v) is 5.58. The van der Waals surface area contributed by atoms with Gasteiger partial charge in [-0.2, -0.15) is 0 Å². The van der Waals surface area contributed by atoms with Crippen molar-refractivity contribution in [2.75, 3.05) is 19.6 Å². The zero-order valence-electron chi connectivity index (χ0n) is 13.4. The number of halogens is 2. The Hall–Kier alpha value is -1.98. The second-order valence-corrected chi connectivity index (χ2v) is 7.24. The Balaban J connectivity index is 1.55. The van der Waals surface area contributed by atoms with Crippen LogP contribution >= 0.6 is 0 Å². The molecule has 3 aliphatic heterocycles. The maximum Gasteiger partial charge on any atom is 0.254 e. The van der Waals surface area contributed by atoms with E-state index in [2.05, 4.69) is 0 Å². The average Bonchev–Trinajstić information content (AvgIpc) is 2.54. The third-order valence-electron chi connectivity index (χ3n) is 5.58. The van der Waals surface area contributed by atoms with Gasteiger partial charge in [0.15, 0.2) is 0 Å². The van der Waals surface area contributed by atoms with Gasteiger partial charge in [0.2, 0.25) is 5.91 Å². The van der Waals surface area contributed by atoms with Crippen LogP contribution in [0.15, 0.2) is 18.2 Å². The van der Waals surface area contributed by atoms with Crippen LogP contribution in [0.4, 0.5) is 8.78 Å². The first-order chi connectivity index (χ1) is 11.5. The van der Waals surface area contributed by atoms with E-state index in [9.17, 15) is 18.4 Å². The Kier molecular flexibility index (Phi) is 3.77. The zero-order valence-corrected chi connectivity index (χ0v) is 13.4. The van der Waals surface area contributed by atoms with Crippen molar-refractivity contribution in [1.82, 2.24) is 9.80 Å². The summed E-state index contributed by atoms with van der Waals surface area (Å²) in [5.41, 5.74) is 0.0593. The van der Waals surface area contributed by atoms with Gasteiger partial charge in [0.05, 0.1) is 0 Å². The first-order valence-electron chi connectivity index (χ1n) is 8.56. The normalized spacial score (nSPS) is 29.4. The van der Waals surface area contributed by atoms with E-state index >= 15 is 0 Å². The van der Waals surface area contributed by atoms with E-state index in [4.69, 9.17) is 0 Å². The number of nitrogens with zero attached hydrogens (tertiary/aromatic N) is 2. The molecule has 3 fully saturated rings. The molecule has 0 aliphatic carbocycles. The first-order valence-corrected chi connectivity index (χ1v) is 8.56. The molecule has 2 amide bonds. The summed E-state index contributed by atoms with van der Waals surface area (Å²) in [6, 6.07) is 3.16. The van der Waals surface area contributed by atoms with Gasteiger partial charge in [0, 0.05) is 43.7 Å². The number of benzene rings is 1. The SMILES string of the molecule is O=C(c1cc(F)cc(F)c1)N1C[C@H]2C[C@H](C1)[C@H]1CCCC(=O)N1C2. The first kappa shape index (κ1) is 15.5. The van der Waals surface area contributed by atoms with Gasteiger partial charge in [0.1, 0.15) is 11.6 Å². The molecule has 0 saturated carbocycles. The van der Waals surface area contributed by atoms with Gasteiger partial charge >= 0.3 is 0 Å². The summed E-state index contributed by atoms with van der Waals surface area (Å²) in [6.07, 6.45) is 3.54. The van der Waals surface area contributed by atoms with Gasteiger partial charge in [-0.1, -0.05) is 0 Å². The third kappa shape index (κ3) is 2.68. The van der Waals surface area contributed by atoms with E-state index < -0.39 is 11.6 Å². The highest BCUT2D eigenvalue weighted by Gasteiger charge is 2.44. The van der Waals surface area contributed by atoms with Crippen LogP contribution in [-0.4, -0.2) is 47.3 Å². The average molecular weight is 334 g/mol. The fourth-order valence-electron chi connectivity index (χ4n) is 4.64. The topological polar surface area (TPSA) is 40.6 Å². The maximum absolute atomic E-state index is 13.4. The molecule has 3 heterocycles. The molecule has 24 heavy (non-hydrogen) atoms. The van der Waals surface area contributed by atoms with Crippen LogP contribution in [0, 0.1) is 23.5 Å². The van der Waals surface area contributed by atoms with Crippen molar-refractivity contribution in [3.05, 3.63) is 35.4 Å². The van der Waals surface area contributed by atoms with Crippen molar-refractivity contribution in [3.8, 4) is 0 Å². The fourth-order valence-corrected chi connectivity index (χ4v) is 4.64. The Bertz CT molecular complexity index is 673. The molecule has 4 nitrogen and oxygen atoms in total. The van der Waals surface area contributed by atoms with Crippen molar-refractivity contribution in [3.63, 3.8) is 0 Å². The molecule has 0 spiro atoms. The van der Waals surface area contributed by atoms with Crippen LogP contribution in [0.25, 0.3) is 0 Å². The molecule has 3 saturated heterocycles. The van der Waals surface area contributed by atoms with Gasteiger partial charge in [-0.25, -0.2) is 8.78 Å². The Morgan fingerprint density at radius 1 is 1.08 bits per heavy atom. The van der Waals surface area contributed by atoms with E-state index in [-0.39, 0.29) is 35.3 Å². The number of fused-ring (bicyclic) bond motifs is 4. The number of carbonyl (C=O) groups is 2. The highest BCUT2D eigenvalue weighted by Crippen LogP contribution is 2.38. The van der Waals surface area contributed by atoms with E-state index in [0.717, 1.165) is 37.5 Å². The van der Waals surface area contributed by atoms with E-state index in [1.54, 1.807) is 4.90 Å². The molecular weight excluding hydrogens is 314 g/mol. The molecule has 0 radical (unpaired) electrons. The van der Waals surface area contributed by atoms with Gasteiger partial charge < -0.3 is 9.80 Å². The van der Waals surface area contributed by atoms with Crippen molar-refractivity contribution in [2.45, 2.75) is 31.7 Å². The fraction of sp³-hybridized carbons (Fsp3) is 0.556. The molecule has 1 aromatic rings. The molecule has 128 valence electrons. The van der Waals surface area contributed by atoms with Crippen LogP contribution < -0.4 is 0 Å². The summed E-state index contributed by atoms with van der Waals surface area (Å²) in [4.78, 5) is 28.5. The van der Waals surface area contributed by atoms with Gasteiger partial charge in [-0.05, 0) is 43.2 Å². The number of piperidine rings is 3. The Morgan fingerprint density at radius 3 is 2.58 bits per heavy atom. The summed E-state index contributed by atoms with van der Waals surface area (Å²) < 4.78 is 26.8. The molecule has 3 aliphatic rings. The highest BCUT2D eigenvalue weighted by atomic mass is 19.1. The van der Waals surface area contributed by atoms with Crippen LogP contribution in [-0.2, 0) is 4.79 Å². The molecule has 1 aromatic carbocycles. The number of carbonyl (C=O) groups excluding carboxylic acids is 2. The number of rotatable bonds is 1. The zero-order chi connectivity index (χ0) is 16.8. The molecular formula is C18H20F2N2O2. The highest BCUT2D eigenvalue weighted by molar-refractivity contribution is 5.94. The molecule has 2 bridgehead atoms. The summed E-state index contributed by atoms with van der Waals surface area (Å²) >= 11 is 0.